The average molecular weight is 365 g/mol. The third-order valence-electron chi connectivity index (χ3n) is 2.76. The Balaban J connectivity index is 2.87. The van der Waals surface area contributed by atoms with E-state index < -0.39 is 15.3 Å². The van der Waals surface area contributed by atoms with Gasteiger partial charge in [-0.15, -0.1) is 0 Å². The molecule has 0 aliphatic heterocycles. The van der Waals surface area contributed by atoms with Crippen molar-refractivity contribution in [1.29, 1.82) is 0 Å². The lowest BCUT2D eigenvalue weighted by atomic mass is 10.3. The van der Waals surface area contributed by atoms with Crippen molar-refractivity contribution in [3.05, 3.63) is 22.7 Å². The van der Waals surface area contributed by atoms with Gasteiger partial charge in [0.1, 0.15) is 5.75 Å². The molecule has 0 heterocycles. The summed E-state index contributed by atoms with van der Waals surface area (Å²) in [6, 6.07) is 5.42. The largest absolute Gasteiger partial charge is 0.495 e. The Morgan fingerprint density at radius 2 is 1.95 bits per heavy atom. The van der Waals surface area contributed by atoms with Crippen LogP contribution in [0.25, 0.3) is 0 Å². The molecular formula is C13H21BrN2O3S. The molecule has 0 spiro atoms. The molecular weight excluding hydrogens is 344 g/mol. The number of nitrogens with one attached hydrogen (secondary N) is 2. The summed E-state index contributed by atoms with van der Waals surface area (Å²) in [5.74, 6) is 0.487. The second-order valence-electron chi connectivity index (χ2n) is 4.87. The molecule has 0 aromatic heterocycles. The van der Waals surface area contributed by atoms with Crippen LogP contribution < -0.4 is 14.8 Å². The third kappa shape index (κ3) is 4.96. The van der Waals surface area contributed by atoms with Crippen molar-refractivity contribution in [2.45, 2.75) is 32.1 Å². The lowest BCUT2D eigenvalue weighted by Gasteiger charge is -2.18. The third-order valence-corrected chi connectivity index (χ3v) is 4.98. The number of hydrogen-bond acceptors (Lipinski definition) is 4. The maximum Gasteiger partial charge on any atom is 0.236 e. The lowest BCUT2D eigenvalue weighted by molar-refractivity contribution is 0.416. The fourth-order valence-electron chi connectivity index (χ4n) is 1.53. The summed E-state index contributed by atoms with van der Waals surface area (Å²) < 4.78 is 33.1. The number of anilines is 1. The van der Waals surface area contributed by atoms with E-state index in [0.29, 0.717) is 18.0 Å². The molecule has 114 valence electrons. The quantitative estimate of drug-likeness (QED) is 0.780. The molecule has 20 heavy (non-hydrogen) atoms. The van der Waals surface area contributed by atoms with Crippen LogP contribution in [-0.2, 0) is 10.0 Å². The predicted molar refractivity (Wildman–Crippen MR) is 85.8 cm³/mol. The van der Waals surface area contributed by atoms with Crippen molar-refractivity contribution in [1.82, 2.24) is 5.32 Å². The topological polar surface area (TPSA) is 67.4 Å². The predicted octanol–water partition coefficient (Wildman–Crippen LogP) is 2.59. The first kappa shape index (κ1) is 17.3. The van der Waals surface area contributed by atoms with E-state index in [0.717, 1.165) is 4.47 Å². The van der Waals surface area contributed by atoms with Gasteiger partial charge in [-0.3, -0.25) is 4.72 Å². The van der Waals surface area contributed by atoms with Crippen molar-refractivity contribution in [2.24, 2.45) is 0 Å². The molecule has 1 aromatic rings. The highest BCUT2D eigenvalue weighted by molar-refractivity contribution is 9.10. The Bertz CT molecular complexity index is 547. The zero-order valence-corrected chi connectivity index (χ0v) is 14.5. The molecule has 0 aliphatic carbocycles. The van der Waals surface area contributed by atoms with Crippen LogP contribution in [0.2, 0.25) is 0 Å². The van der Waals surface area contributed by atoms with Gasteiger partial charge in [0.05, 0.1) is 18.0 Å². The smallest absolute Gasteiger partial charge is 0.236 e. The van der Waals surface area contributed by atoms with Gasteiger partial charge in [-0.1, -0.05) is 29.8 Å². The van der Waals surface area contributed by atoms with Crippen LogP contribution in [0.3, 0.4) is 0 Å². The molecule has 1 atom stereocenters. The van der Waals surface area contributed by atoms with Crippen molar-refractivity contribution >= 4 is 31.6 Å². The number of sulfonamides is 1. The maximum absolute atomic E-state index is 12.3. The fourth-order valence-corrected chi connectivity index (χ4v) is 2.87. The van der Waals surface area contributed by atoms with E-state index in [1.165, 1.54) is 7.11 Å². The minimum absolute atomic E-state index is 0.244. The van der Waals surface area contributed by atoms with E-state index >= 15 is 0 Å². The van der Waals surface area contributed by atoms with Gasteiger partial charge in [0.25, 0.3) is 0 Å². The number of methoxy groups -OCH3 is 1. The van der Waals surface area contributed by atoms with E-state index in [4.69, 9.17) is 4.74 Å². The Morgan fingerprint density at radius 1 is 1.30 bits per heavy atom. The van der Waals surface area contributed by atoms with Gasteiger partial charge >= 0.3 is 0 Å². The van der Waals surface area contributed by atoms with E-state index in [9.17, 15) is 8.42 Å². The standard InChI is InChI=1S/C13H21BrN2O3S/c1-9(2)15-8-10(3)20(17,18)16-12-7-11(14)5-6-13(12)19-4/h5-7,9-10,15-16H,8H2,1-4H3. The van der Waals surface area contributed by atoms with Crippen LogP contribution in [0.15, 0.2) is 22.7 Å². The summed E-state index contributed by atoms with van der Waals surface area (Å²) in [6.45, 7) is 6.01. The maximum atomic E-state index is 12.3. The normalized spacial score (nSPS) is 13.3. The summed E-state index contributed by atoms with van der Waals surface area (Å²) in [4.78, 5) is 0. The SMILES string of the molecule is COc1ccc(Br)cc1NS(=O)(=O)C(C)CNC(C)C. The zero-order valence-electron chi connectivity index (χ0n) is 12.1. The van der Waals surface area contributed by atoms with Crippen molar-refractivity contribution in [3.63, 3.8) is 0 Å². The van der Waals surface area contributed by atoms with Crippen molar-refractivity contribution in [3.8, 4) is 5.75 Å². The molecule has 0 aliphatic rings. The van der Waals surface area contributed by atoms with Gasteiger partial charge in [-0.05, 0) is 25.1 Å². The van der Waals surface area contributed by atoms with E-state index in [2.05, 4.69) is 26.0 Å². The summed E-state index contributed by atoms with van der Waals surface area (Å²) in [5, 5.41) is 2.57. The summed E-state index contributed by atoms with van der Waals surface area (Å²) in [5.41, 5.74) is 0.429. The first-order valence-electron chi connectivity index (χ1n) is 6.35. The van der Waals surface area contributed by atoms with Crippen LogP contribution in [0, 0.1) is 0 Å². The molecule has 0 saturated carbocycles. The number of hydrogen-bond donors (Lipinski definition) is 2. The number of halogens is 1. The van der Waals surface area contributed by atoms with E-state index in [1.807, 2.05) is 13.8 Å². The van der Waals surface area contributed by atoms with Gasteiger partial charge in [0.15, 0.2) is 0 Å². The number of ether oxygens (including phenoxy) is 1. The van der Waals surface area contributed by atoms with Crippen LogP contribution in [0.5, 0.6) is 5.75 Å². The zero-order chi connectivity index (χ0) is 15.3. The fraction of sp³-hybridized carbons (Fsp3) is 0.538. The van der Waals surface area contributed by atoms with Crippen LogP contribution in [0.4, 0.5) is 5.69 Å². The molecule has 1 aromatic carbocycles. The molecule has 7 heteroatoms. The molecule has 0 bridgehead atoms. The molecule has 5 nitrogen and oxygen atoms in total. The van der Waals surface area contributed by atoms with Crippen molar-refractivity contribution in [2.75, 3.05) is 18.4 Å². The van der Waals surface area contributed by atoms with Gasteiger partial charge in [0, 0.05) is 17.1 Å². The Hall–Kier alpha value is -0.790. The first-order chi connectivity index (χ1) is 9.26. The number of benzene rings is 1. The highest BCUT2D eigenvalue weighted by atomic mass is 79.9. The summed E-state index contributed by atoms with van der Waals surface area (Å²) >= 11 is 3.32. The minimum atomic E-state index is -3.47. The van der Waals surface area contributed by atoms with E-state index in [1.54, 1.807) is 25.1 Å². The van der Waals surface area contributed by atoms with Gasteiger partial charge in [0.2, 0.25) is 10.0 Å². The molecule has 1 unspecified atom stereocenters. The highest BCUT2D eigenvalue weighted by Gasteiger charge is 2.22. The highest BCUT2D eigenvalue weighted by Crippen LogP contribution is 2.29. The lowest BCUT2D eigenvalue weighted by Crippen LogP contribution is -2.37. The van der Waals surface area contributed by atoms with Crippen LogP contribution in [-0.4, -0.2) is 33.4 Å². The second kappa shape index (κ2) is 7.28. The van der Waals surface area contributed by atoms with Gasteiger partial charge in [-0.25, -0.2) is 8.42 Å². The molecule has 0 radical (unpaired) electrons. The summed E-state index contributed by atoms with van der Waals surface area (Å²) in [6.07, 6.45) is 0. The Kier molecular flexibility index (Phi) is 6.29. The molecule has 1 rings (SSSR count). The first-order valence-corrected chi connectivity index (χ1v) is 8.68. The Labute approximate surface area is 129 Å². The van der Waals surface area contributed by atoms with E-state index in [-0.39, 0.29) is 6.04 Å². The van der Waals surface area contributed by atoms with Gasteiger partial charge in [-0.2, -0.15) is 0 Å². The molecule has 2 N–H and O–H groups in total. The average Bonchev–Trinajstić information content (AvgIpc) is 2.35. The molecule has 0 amide bonds. The minimum Gasteiger partial charge on any atom is -0.495 e. The monoisotopic (exact) mass is 364 g/mol. The summed E-state index contributed by atoms with van der Waals surface area (Å²) in [7, 11) is -1.97. The number of rotatable bonds is 7. The van der Waals surface area contributed by atoms with Crippen LogP contribution >= 0.6 is 15.9 Å². The Morgan fingerprint density at radius 3 is 2.50 bits per heavy atom. The van der Waals surface area contributed by atoms with Gasteiger partial charge < -0.3 is 10.1 Å². The van der Waals surface area contributed by atoms with Crippen molar-refractivity contribution < 1.29 is 13.2 Å². The second-order valence-corrected chi connectivity index (χ2v) is 7.88. The molecule has 0 fully saturated rings. The van der Waals surface area contributed by atoms with Crippen LogP contribution in [0.1, 0.15) is 20.8 Å². The molecule has 0 saturated heterocycles.